The van der Waals surface area contributed by atoms with Crippen molar-refractivity contribution in [2.24, 2.45) is 28.1 Å². The number of hydrogen-bond donors (Lipinski definition) is 3. The highest BCUT2D eigenvalue weighted by Gasteiger charge is 2.73. The Balaban J connectivity index is 1.61. The standard InChI is InChI=1S/C38H53BN2O11/c1-10-26(43)52-30(28(40-39-19-42)22-14-12-11-13-15-22)33(46)50-23-17-38(48)21(3)31-36(6)18-49-24(36)16-25(51-34(47)41(8)9)37(31,7)32(45)29(44)27(20(23)2)35(38,4)5/h11-15,19,21,23-25,28-31,39-40,44,48H,10,16-18H2,1-9H3/t21-,23-,24+,25-,28-,29+,30+,31+,36+,37+,38+/m0/s1. The Morgan fingerprint density at radius 1 is 1.13 bits per heavy atom. The Morgan fingerprint density at radius 2 is 1.79 bits per heavy atom. The number of nitrogens with zero attached hydrogens (tertiary/aromatic N) is 1. The molecule has 0 aromatic heterocycles. The first kappa shape index (κ1) is 39.6. The third kappa shape index (κ3) is 6.18. The van der Waals surface area contributed by atoms with Gasteiger partial charge in [-0.25, -0.2) is 9.59 Å². The fourth-order valence-electron chi connectivity index (χ4n) is 9.87. The summed E-state index contributed by atoms with van der Waals surface area (Å²) < 4.78 is 23.9. The second-order valence-corrected chi connectivity index (χ2v) is 16.1. The van der Waals surface area contributed by atoms with E-state index >= 15 is 0 Å². The maximum absolute atomic E-state index is 14.9. The van der Waals surface area contributed by atoms with Crippen molar-refractivity contribution in [1.82, 2.24) is 10.1 Å². The molecule has 4 aliphatic rings. The molecule has 1 saturated heterocycles. The number of esters is 2. The summed E-state index contributed by atoms with van der Waals surface area (Å²) in [6, 6.07) is 7.78. The molecule has 52 heavy (non-hydrogen) atoms. The van der Waals surface area contributed by atoms with E-state index in [0.717, 1.165) is 0 Å². The first-order valence-corrected chi connectivity index (χ1v) is 18.1. The van der Waals surface area contributed by atoms with E-state index in [1.165, 1.54) is 4.90 Å². The monoisotopic (exact) mass is 724 g/mol. The molecule has 284 valence electrons. The number of rotatable bonds is 10. The van der Waals surface area contributed by atoms with Gasteiger partial charge in [-0.1, -0.05) is 65.0 Å². The average molecular weight is 725 g/mol. The maximum Gasteiger partial charge on any atom is 0.409 e. The molecular formula is C38H53BN2O11. The minimum atomic E-state index is -1.75. The lowest BCUT2D eigenvalue weighted by Gasteiger charge is -2.68. The quantitative estimate of drug-likeness (QED) is 0.106. The van der Waals surface area contributed by atoms with Crippen molar-refractivity contribution in [1.29, 1.82) is 0 Å². The molecule has 0 unspecified atom stereocenters. The minimum Gasteiger partial charge on any atom is -0.455 e. The van der Waals surface area contributed by atoms with E-state index in [2.05, 4.69) is 5.23 Å². The second kappa shape index (κ2) is 14.3. The van der Waals surface area contributed by atoms with Crippen molar-refractivity contribution in [3.8, 4) is 0 Å². The lowest BCUT2D eigenvalue weighted by Crippen LogP contribution is -2.75. The molecule has 14 heteroatoms. The molecule has 0 spiro atoms. The summed E-state index contributed by atoms with van der Waals surface area (Å²) in [6.07, 6.45) is -5.63. The molecule has 1 aromatic carbocycles. The van der Waals surface area contributed by atoms with Crippen molar-refractivity contribution >= 4 is 37.4 Å². The Labute approximate surface area is 306 Å². The third-order valence-corrected chi connectivity index (χ3v) is 12.8. The van der Waals surface area contributed by atoms with Crippen LogP contribution in [0.5, 0.6) is 0 Å². The van der Waals surface area contributed by atoms with Gasteiger partial charge < -0.3 is 44.1 Å². The predicted molar refractivity (Wildman–Crippen MR) is 191 cm³/mol. The Kier molecular flexibility index (Phi) is 10.9. The topological polar surface area (TPSA) is 178 Å². The number of amides is 1. The average Bonchev–Trinajstić information content (AvgIpc) is 3.09. The normalized spacial score (nSPS) is 35.9. The van der Waals surface area contributed by atoms with E-state index in [1.807, 2.05) is 13.8 Å². The van der Waals surface area contributed by atoms with Gasteiger partial charge in [-0.05, 0) is 42.4 Å². The molecule has 2 bridgehead atoms. The SMILES string of the molecule is CCC(=O)O[C@@H](C(=O)O[C@H]1C[C@@]2(O)[C@@H](C)[C@@H]3[C@]4(C)CO[C@@H]4C[C@H](OC(=O)N(C)C)[C@@]3(C)C(=O)[C@H](O)C(=C1C)C2(C)C)[C@@H](NBC=O)c1ccccc1. The van der Waals surface area contributed by atoms with Crippen molar-refractivity contribution in [3.63, 3.8) is 0 Å². The van der Waals surface area contributed by atoms with Crippen LogP contribution in [0.15, 0.2) is 41.5 Å². The van der Waals surface area contributed by atoms with Gasteiger partial charge in [0.25, 0.3) is 7.41 Å². The molecule has 1 aliphatic heterocycles. The van der Waals surface area contributed by atoms with Gasteiger partial charge in [0.15, 0.2) is 5.78 Å². The van der Waals surface area contributed by atoms with Crippen molar-refractivity contribution < 1.29 is 53.1 Å². The van der Waals surface area contributed by atoms with Crippen LogP contribution in [0.3, 0.4) is 0 Å². The van der Waals surface area contributed by atoms with Crippen LogP contribution in [-0.4, -0.2) is 109 Å². The van der Waals surface area contributed by atoms with Gasteiger partial charge in [-0.2, -0.15) is 0 Å². The smallest absolute Gasteiger partial charge is 0.409 e. The van der Waals surface area contributed by atoms with Gasteiger partial charge in [-0.3, -0.25) is 9.59 Å². The summed E-state index contributed by atoms with van der Waals surface area (Å²) >= 11 is 0. The molecule has 3 aliphatic carbocycles. The number of ketones is 1. The molecule has 0 radical (unpaired) electrons. The molecule has 1 aromatic rings. The van der Waals surface area contributed by atoms with Gasteiger partial charge in [0, 0.05) is 44.2 Å². The third-order valence-electron chi connectivity index (χ3n) is 12.8. The zero-order chi connectivity index (χ0) is 38.6. The number of benzene rings is 1. The summed E-state index contributed by atoms with van der Waals surface area (Å²) in [5.41, 5.74) is -3.75. The van der Waals surface area contributed by atoms with Crippen LogP contribution < -0.4 is 5.23 Å². The summed E-state index contributed by atoms with van der Waals surface area (Å²) in [5, 5.41) is 28.3. The molecule has 3 fully saturated rings. The summed E-state index contributed by atoms with van der Waals surface area (Å²) in [7, 11) is 2.95. The summed E-state index contributed by atoms with van der Waals surface area (Å²) in [5.74, 6) is -3.46. The van der Waals surface area contributed by atoms with E-state index in [9.17, 15) is 34.2 Å². The maximum atomic E-state index is 14.9. The molecule has 1 heterocycles. The van der Waals surface area contributed by atoms with Crippen molar-refractivity contribution in [2.75, 3.05) is 20.7 Å². The molecule has 3 N–H and O–H groups in total. The van der Waals surface area contributed by atoms with Gasteiger partial charge in [0.1, 0.15) is 18.3 Å². The summed E-state index contributed by atoms with van der Waals surface area (Å²) in [6.45, 7) is 12.7. The highest BCUT2D eigenvalue weighted by Crippen LogP contribution is 2.67. The molecular weight excluding hydrogens is 671 g/mol. The molecule has 11 atom stereocenters. The van der Waals surface area contributed by atoms with E-state index < -0.39 is 88.0 Å². The van der Waals surface area contributed by atoms with Crippen LogP contribution in [0, 0.1) is 28.1 Å². The number of carbonyl (C=O) groups is 5. The van der Waals surface area contributed by atoms with E-state index in [-0.39, 0.29) is 38.4 Å². The fourth-order valence-corrected chi connectivity index (χ4v) is 9.87. The van der Waals surface area contributed by atoms with E-state index in [1.54, 1.807) is 79.0 Å². The Hall–Kier alpha value is -3.59. The first-order chi connectivity index (χ1) is 24.3. The van der Waals surface area contributed by atoms with Crippen LogP contribution in [0.1, 0.15) is 79.3 Å². The number of aliphatic hydroxyl groups is 2. The molecule has 1 amide bonds. The number of nitrogens with one attached hydrogen (secondary N) is 1. The first-order valence-electron chi connectivity index (χ1n) is 18.1. The number of hydrogen-bond acceptors (Lipinski definition) is 12. The number of Topliss-reactive ketones (excluding diaryl/α,β-unsaturated/α-hetero) is 1. The van der Waals surface area contributed by atoms with E-state index in [0.29, 0.717) is 23.9 Å². The Morgan fingerprint density at radius 3 is 2.35 bits per heavy atom. The number of carbonyl (C=O) groups excluding carboxylic acids is 5. The number of fused-ring (bicyclic) bond motifs is 5. The lowest BCUT2D eigenvalue weighted by molar-refractivity contribution is -0.302. The van der Waals surface area contributed by atoms with Gasteiger partial charge >= 0.3 is 18.0 Å². The molecule has 13 nitrogen and oxygen atoms in total. The van der Waals surface area contributed by atoms with Crippen molar-refractivity contribution in [3.05, 3.63) is 47.0 Å². The highest BCUT2D eigenvalue weighted by molar-refractivity contribution is 6.64. The van der Waals surface area contributed by atoms with Crippen LogP contribution in [-0.2, 0) is 38.1 Å². The lowest BCUT2D eigenvalue weighted by atomic mass is 9.40. The zero-order valence-corrected chi connectivity index (χ0v) is 31.6. The van der Waals surface area contributed by atoms with Crippen LogP contribution >= 0.6 is 0 Å². The van der Waals surface area contributed by atoms with Gasteiger partial charge in [0.2, 0.25) is 6.10 Å². The zero-order valence-electron chi connectivity index (χ0n) is 31.6. The summed E-state index contributed by atoms with van der Waals surface area (Å²) in [4.78, 5) is 67.5. The fraction of sp³-hybridized carbons (Fsp3) is 0.658. The molecule has 5 rings (SSSR count). The minimum absolute atomic E-state index is 0.0281. The number of ether oxygens (including phenoxy) is 4. The highest BCUT2D eigenvalue weighted by atomic mass is 16.6. The van der Waals surface area contributed by atoms with Gasteiger partial charge in [-0.15, -0.1) is 0 Å². The van der Waals surface area contributed by atoms with Crippen LogP contribution in [0.25, 0.3) is 0 Å². The Bertz CT molecular complexity index is 1620. The largest absolute Gasteiger partial charge is 0.455 e. The van der Waals surface area contributed by atoms with Crippen LogP contribution in [0.4, 0.5) is 4.79 Å². The predicted octanol–water partition coefficient (Wildman–Crippen LogP) is 2.65. The van der Waals surface area contributed by atoms with E-state index in [4.69, 9.17) is 18.9 Å². The molecule has 2 saturated carbocycles. The number of aliphatic hydroxyl groups excluding tert-OH is 1. The van der Waals surface area contributed by atoms with Crippen molar-refractivity contribution in [2.45, 2.75) is 110 Å². The van der Waals surface area contributed by atoms with Crippen LogP contribution in [0.2, 0.25) is 0 Å². The second-order valence-electron chi connectivity index (χ2n) is 16.1. The van der Waals surface area contributed by atoms with Gasteiger partial charge in [0.05, 0.1) is 36.0 Å².